The summed E-state index contributed by atoms with van der Waals surface area (Å²) in [4.78, 5) is 13.2. The summed E-state index contributed by atoms with van der Waals surface area (Å²) in [5.41, 5.74) is 0. The number of hydrogen-bond acceptors (Lipinski definition) is 8. The van der Waals surface area contributed by atoms with Crippen LogP contribution in [0.4, 0.5) is 0 Å². The van der Waals surface area contributed by atoms with Gasteiger partial charge in [0.1, 0.15) is 24.4 Å². The first-order valence-corrected chi connectivity index (χ1v) is 39.2. The lowest BCUT2D eigenvalue weighted by atomic mass is 9.99. The molecule has 0 aromatic rings. The first kappa shape index (κ1) is 85.6. The normalized spacial score (nSPS) is 18.1. The van der Waals surface area contributed by atoms with E-state index in [9.17, 15) is 30.3 Å². The minimum absolute atomic E-state index is 0.179. The monoisotopic (exact) mass is 1260 g/mol. The summed E-state index contributed by atoms with van der Waals surface area (Å²) < 4.78 is 11.3. The van der Waals surface area contributed by atoms with Gasteiger partial charge in [0.05, 0.1) is 25.4 Å². The Morgan fingerprint density at radius 1 is 0.389 bits per heavy atom. The molecule has 1 fully saturated rings. The van der Waals surface area contributed by atoms with E-state index in [1.165, 1.54) is 295 Å². The third-order valence-corrected chi connectivity index (χ3v) is 18.5. The van der Waals surface area contributed by atoms with Crippen molar-refractivity contribution in [1.82, 2.24) is 5.32 Å². The Kier molecular flexibility index (Phi) is 66.1. The van der Waals surface area contributed by atoms with Gasteiger partial charge in [0.2, 0.25) is 5.91 Å². The van der Waals surface area contributed by atoms with Crippen LogP contribution in [-0.2, 0) is 14.3 Å². The fourth-order valence-electron chi connectivity index (χ4n) is 12.5. The van der Waals surface area contributed by atoms with Gasteiger partial charge in [-0.05, 0) is 70.6 Å². The Hall–Kier alpha value is -2.37. The fourth-order valence-corrected chi connectivity index (χ4v) is 12.5. The molecule has 1 amide bonds. The lowest BCUT2D eigenvalue weighted by Gasteiger charge is -2.40. The van der Waals surface area contributed by atoms with Gasteiger partial charge in [0.15, 0.2) is 6.29 Å². The first-order valence-electron chi connectivity index (χ1n) is 39.2. The Labute approximate surface area is 557 Å². The lowest BCUT2D eigenvalue weighted by Crippen LogP contribution is -2.60. The van der Waals surface area contributed by atoms with E-state index >= 15 is 0 Å². The van der Waals surface area contributed by atoms with Gasteiger partial charge in [-0.25, -0.2) is 0 Å². The molecule has 0 spiro atoms. The van der Waals surface area contributed by atoms with Crippen LogP contribution in [0, 0.1) is 0 Å². The highest BCUT2D eigenvalue weighted by atomic mass is 16.7. The number of aliphatic hydroxyl groups excluding tert-OH is 5. The molecule has 0 aliphatic carbocycles. The lowest BCUT2D eigenvalue weighted by molar-refractivity contribution is -0.302. The number of nitrogens with one attached hydrogen (secondary N) is 1. The molecule has 1 aliphatic heterocycles. The average molecular weight is 1270 g/mol. The second-order valence-corrected chi connectivity index (χ2v) is 27.1. The second-order valence-electron chi connectivity index (χ2n) is 27.1. The molecular weight excluding hydrogens is 1110 g/mol. The largest absolute Gasteiger partial charge is 0.394 e. The van der Waals surface area contributed by atoms with Crippen molar-refractivity contribution >= 4 is 5.91 Å². The predicted octanol–water partition coefficient (Wildman–Crippen LogP) is 22.3. The highest BCUT2D eigenvalue weighted by molar-refractivity contribution is 5.76. The Morgan fingerprint density at radius 3 is 1.07 bits per heavy atom. The highest BCUT2D eigenvalue weighted by Crippen LogP contribution is 2.24. The zero-order valence-electron chi connectivity index (χ0n) is 59.1. The SMILES string of the molecule is CC/C=C\C/C=C\C/C=C\C/C=C\CCCCCCCCCCCCCCCCCCCCCCCCCCCCCCC(=O)NC(COC1OC(CO)C(O)C(O)C1O)C(O)/C=C/CC/C=C/CCCCCCCCCCCCCCCCCCCCCC. The van der Waals surface area contributed by atoms with Crippen LogP contribution >= 0.6 is 0 Å². The van der Waals surface area contributed by atoms with Crippen molar-refractivity contribution in [3.05, 3.63) is 72.9 Å². The van der Waals surface area contributed by atoms with Gasteiger partial charge < -0.3 is 40.3 Å². The number of amides is 1. The van der Waals surface area contributed by atoms with E-state index in [0.717, 1.165) is 64.2 Å². The highest BCUT2D eigenvalue weighted by Gasteiger charge is 2.44. The Balaban J connectivity index is 2.05. The maximum Gasteiger partial charge on any atom is 0.220 e. The molecule has 90 heavy (non-hydrogen) atoms. The van der Waals surface area contributed by atoms with Crippen molar-refractivity contribution in [3.63, 3.8) is 0 Å². The van der Waals surface area contributed by atoms with E-state index in [1.54, 1.807) is 6.08 Å². The van der Waals surface area contributed by atoms with Crippen molar-refractivity contribution < 1.29 is 39.8 Å². The van der Waals surface area contributed by atoms with E-state index < -0.39 is 49.5 Å². The predicted molar refractivity (Wildman–Crippen MR) is 387 cm³/mol. The van der Waals surface area contributed by atoms with Crippen LogP contribution in [0.3, 0.4) is 0 Å². The third kappa shape index (κ3) is 57.1. The quantitative estimate of drug-likeness (QED) is 0.0261. The van der Waals surface area contributed by atoms with E-state index in [1.807, 2.05) is 6.08 Å². The van der Waals surface area contributed by atoms with E-state index in [2.05, 4.69) is 79.9 Å². The zero-order valence-corrected chi connectivity index (χ0v) is 59.1. The van der Waals surface area contributed by atoms with Crippen molar-refractivity contribution in [2.75, 3.05) is 13.2 Å². The second kappa shape index (κ2) is 69.5. The van der Waals surface area contributed by atoms with E-state index in [-0.39, 0.29) is 12.5 Å². The standard InChI is InChI=1S/C81H149NO8/c1-3-5-7-9-11-13-15-17-19-21-23-25-27-29-31-32-33-34-35-36-37-38-39-40-41-42-43-44-45-47-49-51-53-55-57-59-61-63-65-67-69-71-77(85)82-74(73-89-81-80(88)79(87)78(86)76(72-83)90-81)75(84)70-68-66-64-62-60-58-56-54-52-50-48-46-30-28-26-24-22-20-18-16-14-12-10-8-6-4-2/h5,7,11,13,17,19,23,25,60,62,68,70,74-76,78-81,83-84,86-88H,3-4,6,8-10,12,14-16,18,20-22,24,26-59,61,63-67,69,71-73H2,1-2H3,(H,82,85)/b7-5-,13-11-,19-17-,25-23-,62-60+,70-68+. The number of carbonyl (C=O) groups excluding carboxylic acids is 1. The molecule has 0 radical (unpaired) electrons. The fraction of sp³-hybridized carbons (Fsp3) is 0.840. The van der Waals surface area contributed by atoms with Crippen LogP contribution in [0.1, 0.15) is 380 Å². The maximum atomic E-state index is 13.2. The molecule has 1 heterocycles. The summed E-state index contributed by atoms with van der Waals surface area (Å²) in [5, 5.41) is 54.8. The third-order valence-electron chi connectivity index (χ3n) is 18.5. The molecular formula is C81H149NO8. The topological polar surface area (TPSA) is 149 Å². The van der Waals surface area contributed by atoms with Crippen LogP contribution < -0.4 is 5.32 Å². The molecule has 1 aliphatic rings. The number of unbranched alkanes of at least 4 members (excludes halogenated alkanes) is 49. The van der Waals surface area contributed by atoms with Gasteiger partial charge >= 0.3 is 0 Å². The summed E-state index contributed by atoms with van der Waals surface area (Å²) in [6.45, 7) is 3.70. The summed E-state index contributed by atoms with van der Waals surface area (Å²) in [5.74, 6) is -0.179. The number of rotatable bonds is 69. The summed E-state index contributed by atoms with van der Waals surface area (Å²) in [7, 11) is 0. The molecule has 7 unspecified atom stereocenters. The summed E-state index contributed by atoms with van der Waals surface area (Å²) in [6, 6.07) is -0.824. The zero-order chi connectivity index (χ0) is 64.9. The minimum Gasteiger partial charge on any atom is -0.394 e. The number of aliphatic hydroxyl groups is 5. The van der Waals surface area contributed by atoms with Crippen molar-refractivity contribution in [3.8, 4) is 0 Å². The molecule has 0 bridgehead atoms. The van der Waals surface area contributed by atoms with Gasteiger partial charge in [-0.3, -0.25) is 4.79 Å². The molecule has 9 nitrogen and oxygen atoms in total. The number of hydrogen-bond donors (Lipinski definition) is 6. The summed E-state index contributed by atoms with van der Waals surface area (Å²) >= 11 is 0. The molecule has 0 saturated carbocycles. The molecule has 6 N–H and O–H groups in total. The average Bonchev–Trinajstić information content (AvgIpc) is 1.28. The van der Waals surface area contributed by atoms with Crippen molar-refractivity contribution in [1.29, 1.82) is 0 Å². The van der Waals surface area contributed by atoms with Crippen LogP contribution in [0.25, 0.3) is 0 Å². The summed E-state index contributed by atoms with van der Waals surface area (Å²) in [6.07, 6.45) is 92.0. The van der Waals surface area contributed by atoms with Crippen LogP contribution in [0.2, 0.25) is 0 Å². The van der Waals surface area contributed by atoms with Crippen LogP contribution in [-0.4, -0.2) is 87.5 Å². The molecule has 0 aromatic heterocycles. The molecule has 9 heteroatoms. The maximum absolute atomic E-state index is 13.2. The van der Waals surface area contributed by atoms with Crippen molar-refractivity contribution in [2.24, 2.45) is 0 Å². The first-order chi connectivity index (χ1) is 44.3. The smallest absolute Gasteiger partial charge is 0.220 e. The van der Waals surface area contributed by atoms with Gasteiger partial charge in [-0.15, -0.1) is 0 Å². The molecule has 526 valence electrons. The van der Waals surface area contributed by atoms with Gasteiger partial charge in [0.25, 0.3) is 0 Å². The Morgan fingerprint density at radius 2 is 0.700 bits per heavy atom. The van der Waals surface area contributed by atoms with Gasteiger partial charge in [-0.1, -0.05) is 376 Å². The number of carbonyl (C=O) groups is 1. The van der Waals surface area contributed by atoms with E-state index in [4.69, 9.17) is 9.47 Å². The van der Waals surface area contributed by atoms with E-state index in [0.29, 0.717) is 6.42 Å². The molecule has 1 rings (SSSR count). The molecule has 0 aromatic carbocycles. The minimum atomic E-state index is -1.57. The molecule has 1 saturated heterocycles. The van der Waals surface area contributed by atoms with Gasteiger partial charge in [0, 0.05) is 6.42 Å². The number of ether oxygens (including phenoxy) is 2. The molecule has 7 atom stereocenters. The number of allylic oxidation sites excluding steroid dienone is 11. The van der Waals surface area contributed by atoms with Crippen LogP contribution in [0.5, 0.6) is 0 Å². The Bertz CT molecular complexity index is 1660. The van der Waals surface area contributed by atoms with Gasteiger partial charge in [-0.2, -0.15) is 0 Å². The van der Waals surface area contributed by atoms with Crippen molar-refractivity contribution in [2.45, 2.75) is 423 Å². The van der Waals surface area contributed by atoms with Crippen LogP contribution in [0.15, 0.2) is 72.9 Å².